The first-order valence-corrected chi connectivity index (χ1v) is 6.83. The van der Waals surface area contributed by atoms with E-state index in [9.17, 15) is 5.11 Å². The largest absolute Gasteiger partial charge is 0.507 e. The number of nitrogens with zero attached hydrogens (tertiary/aromatic N) is 2. The zero-order valence-electron chi connectivity index (χ0n) is 9.92. The number of phenols is 1. The van der Waals surface area contributed by atoms with E-state index in [0.717, 1.165) is 11.1 Å². The zero-order valence-corrected chi connectivity index (χ0v) is 11.5. The molecule has 0 amide bonds. The number of benzene rings is 1. The number of hydrogen-bond acceptors (Lipinski definition) is 5. The van der Waals surface area contributed by atoms with Gasteiger partial charge in [-0.15, -0.1) is 0 Å². The molecular weight excluding hydrogens is 284 g/mol. The minimum absolute atomic E-state index is 0.0183. The summed E-state index contributed by atoms with van der Waals surface area (Å²) >= 11 is 7.37. The summed E-state index contributed by atoms with van der Waals surface area (Å²) in [6, 6.07) is 4.75. The Kier molecular flexibility index (Phi) is 3.00. The Morgan fingerprint density at radius 2 is 2.11 bits per heavy atom. The predicted octanol–water partition coefficient (Wildman–Crippen LogP) is 4.13. The topological polar surface area (TPSA) is 59.2 Å². The number of halogens is 1. The summed E-state index contributed by atoms with van der Waals surface area (Å²) in [4.78, 5) is 4.30. The van der Waals surface area contributed by atoms with Crippen LogP contribution in [0.4, 0.5) is 0 Å². The van der Waals surface area contributed by atoms with E-state index < -0.39 is 0 Å². The van der Waals surface area contributed by atoms with E-state index in [1.165, 1.54) is 6.07 Å². The van der Waals surface area contributed by atoms with Crippen LogP contribution in [0.3, 0.4) is 0 Å². The smallest absolute Gasteiger partial charge is 0.262 e. The molecule has 1 aromatic carbocycles. The third kappa shape index (κ3) is 2.22. The summed E-state index contributed by atoms with van der Waals surface area (Å²) in [6.07, 6.45) is 0. The van der Waals surface area contributed by atoms with E-state index in [2.05, 4.69) is 10.1 Å². The van der Waals surface area contributed by atoms with Crippen LogP contribution in [0.1, 0.15) is 5.56 Å². The molecule has 0 aliphatic heterocycles. The van der Waals surface area contributed by atoms with Crippen LogP contribution in [0.5, 0.6) is 5.75 Å². The van der Waals surface area contributed by atoms with Gasteiger partial charge in [0.25, 0.3) is 5.89 Å². The van der Waals surface area contributed by atoms with E-state index >= 15 is 0 Å². The third-order valence-corrected chi connectivity index (χ3v) is 3.81. The summed E-state index contributed by atoms with van der Waals surface area (Å²) in [5.41, 5.74) is 2.50. The fourth-order valence-electron chi connectivity index (χ4n) is 1.72. The molecule has 4 nitrogen and oxygen atoms in total. The minimum Gasteiger partial charge on any atom is -0.507 e. The van der Waals surface area contributed by atoms with Crippen LogP contribution in [0.15, 0.2) is 33.5 Å². The van der Waals surface area contributed by atoms with Gasteiger partial charge in [0.1, 0.15) is 5.75 Å². The van der Waals surface area contributed by atoms with Gasteiger partial charge in [-0.05, 0) is 36.1 Å². The van der Waals surface area contributed by atoms with Crippen molar-refractivity contribution in [2.45, 2.75) is 6.92 Å². The molecule has 3 rings (SSSR count). The second kappa shape index (κ2) is 4.68. The summed E-state index contributed by atoms with van der Waals surface area (Å²) in [5.74, 6) is 0.808. The summed E-state index contributed by atoms with van der Waals surface area (Å²) in [6.45, 7) is 1.99. The summed E-state index contributed by atoms with van der Waals surface area (Å²) in [5, 5.41) is 18.2. The number of hydrogen-bond donors (Lipinski definition) is 1. The van der Waals surface area contributed by atoms with Gasteiger partial charge in [-0.2, -0.15) is 16.3 Å². The Morgan fingerprint density at radius 1 is 1.26 bits per heavy atom. The van der Waals surface area contributed by atoms with Gasteiger partial charge in [-0.25, -0.2) is 0 Å². The molecule has 0 spiro atoms. The standard InChI is InChI=1S/C13H9ClN2O2S/c1-7-5-19-6-10(7)12-15-13(18-16-12)9-3-2-8(14)4-11(9)17/h2-6,17H,1H3. The number of phenolic OH excluding ortho intramolecular Hbond substituents is 1. The van der Waals surface area contributed by atoms with Crippen molar-refractivity contribution in [3.8, 4) is 28.6 Å². The lowest BCUT2D eigenvalue weighted by Gasteiger charge is -1.98. The van der Waals surface area contributed by atoms with Crippen molar-refractivity contribution in [1.82, 2.24) is 10.1 Å². The van der Waals surface area contributed by atoms with Gasteiger partial charge in [0.05, 0.1) is 5.56 Å². The Bertz CT molecular complexity index is 736. The van der Waals surface area contributed by atoms with Crippen molar-refractivity contribution in [1.29, 1.82) is 0 Å². The van der Waals surface area contributed by atoms with Crippen molar-refractivity contribution in [2.24, 2.45) is 0 Å². The van der Waals surface area contributed by atoms with Crippen LogP contribution in [0.2, 0.25) is 5.02 Å². The molecule has 0 radical (unpaired) electrons. The third-order valence-electron chi connectivity index (χ3n) is 2.71. The Morgan fingerprint density at radius 3 is 2.79 bits per heavy atom. The first-order chi connectivity index (χ1) is 9.15. The van der Waals surface area contributed by atoms with Crippen LogP contribution in [-0.2, 0) is 0 Å². The number of aryl methyl sites for hydroxylation is 1. The first kappa shape index (κ1) is 12.2. The molecule has 0 bridgehead atoms. The molecule has 0 saturated carbocycles. The number of aromatic hydroxyl groups is 1. The Hall–Kier alpha value is -1.85. The second-order valence-electron chi connectivity index (χ2n) is 4.05. The maximum atomic E-state index is 9.83. The highest BCUT2D eigenvalue weighted by atomic mass is 35.5. The highest BCUT2D eigenvalue weighted by Gasteiger charge is 2.15. The molecule has 3 aromatic rings. The SMILES string of the molecule is Cc1cscc1-c1noc(-c2ccc(Cl)cc2O)n1. The predicted molar refractivity (Wildman–Crippen MR) is 74.5 cm³/mol. The van der Waals surface area contributed by atoms with Gasteiger partial charge < -0.3 is 9.63 Å². The molecule has 2 heterocycles. The quantitative estimate of drug-likeness (QED) is 0.771. The normalized spacial score (nSPS) is 10.8. The van der Waals surface area contributed by atoms with Crippen molar-refractivity contribution >= 4 is 22.9 Å². The zero-order chi connectivity index (χ0) is 13.4. The lowest BCUT2D eigenvalue weighted by atomic mass is 10.2. The molecule has 0 atom stereocenters. The van der Waals surface area contributed by atoms with Gasteiger partial charge in [0, 0.05) is 16.0 Å². The van der Waals surface area contributed by atoms with Gasteiger partial charge in [-0.3, -0.25) is 0 Å². The highest BCUT2D eigenvalue weighted by molar-refractivity contribution is 7.08. The van der Waals surface area contributed by atoms with Gasteiger partial charge in [0.2, 0.25) is 5.82 Å². The van der Waals surface area contributed by atoms with E-state index in [1.807, 2.05) is 17.7 Å². The number of aromatic nitrogens is 2. The fourth-order valence-corrected chi connectivity index (χ4v) is 2.71. The monoisotopic (exact) mass is 292 g/mol. The molecule has 19 heavy (non-hydrogen) atoms. The van der Waals surface area contributed by atoms with Crippen LogP contribution in [0.25, 0.3) is 22.8 Å². The van der Waals surface area contributed by atoms with Crippen molar-refractivity contribution in [3.63, 3.8) is 0 Å². The van der Waals surface area contributed by atoms with Gasteiger partial charge in [0.15, 0.2) is 0 Å². The molecule has 6 heteroatoms. The molecule has 2 aromatic heterocycles. The minimum atomic E-state index is 0.0183. The molecular formula is C13H9ClN2O2S. The first-order valence-electron chi connectivity index (χ1n) is 5.51. The fraction of sp³-hybridized carbons (Fsp3) is 0.0769. The molecule has 1 N–H and O–H groups in total. The number of rotatable bonds is 2. The molecule has 0 aliphatic carbocycles. The van der Waals surface area contributed by atoms with Crippen molar-refractivity contribution in [3.05, 3.63) is 39.5 Å². The molecule has 0 saturated heterocycles. The molecule has 0 unspecified atom stereocenters. The average molecular weight is 293 g/mol. The van der Waals surface area contributed by atoms with Crippen LogP contribution in [0, 0.1) is 6.92 Å². The van der Waals surface area contributed by atoms with Crippen LogP contribution >= 0.6 is 22.9 Å². The lowest BCUT2D eigenvalue weighted by Crippen LogP contribution is -1.82. The maximum Gasteiger partial charge on any atom is 0.262 e. The van der Waals surface area contributed by atoms with Crippen molar-refractivity contribution in [2.75, 3.05) is 0 Å². The van der Waals surface area contributed by atoms with Crippen LogP contribution < -0.4 is 0 Å². The second-order valence-corrected chi connectivity index (χ2v) is 5.23. The maximum absolute atomic E-state index is 9.83. The van der Waals surface area contributed by atoms with E-state index in [0.29, 0.717) is 16.4 Å². The number of thiophene rings is 1. The van der Waals surface area contributed by atoms with E-state index in [-0.39, 0.29) is 11.6 Å². The molecule has 0 fully saturated rings. The van der Waals surface area contributed by atoms with E-state index in [4.69, 9.17) is 16.1 Å². The highest BCUT2D eigenvalue weighted by Crippen LogP contribution is 2.32. The Labute approximate surface area is 118 Å². The molecule has 0 aliphatic rings. The lowest BCUT2D eigenvalue weighted by molar-refractivity contribution is 0.426. The van der Waals surface area contributed by atoms with Gasteiger partial charge in [-0.1, -0.05) is 16.8 Å². The van der Waals surface area contributed by atoms with E-state index in [1.54, 1.807) is 23.5 Å². The summed E-state index contributed by atoms with van der Waals surface area (Å²) < 4.78 is 5.19. The summed E-state index contributed by atoms with van der Waals surface area (Å²) in [7, 11) is 0. The van der Waals surface area contributed by atoms with Crippen molar-refractivity contribution < 1.29 is 9.63 Å². The Balaban J connectivity index is 2.04. The van der Waals surface area contributed by atoms with Gasteiger partial charge >= 0.3 is 0 Å². The molecule has 96 valence electrons. The van der Waals surface area contributed by atoms with Crippen LogP contribution in [-0.4, -0.2) is 15.2 Å². The average Bonchev–Trinajstić information content (AvgIpc) is 2.97.